The van der Waals surface area contributed by atoms with E-state index in [0.717, 1.165) is 6.20 Å². The van der Waals surface area contributed by atoms with Gasteiger partial charge in [0.15, 0.2) is 10.7 Å². The Bertz CT molecular complexity index is 433. The van der Waals surface area contributed by atoms with Gasteiger partial charge in [0, 0.05) is 0 Å². The molecule has 1 aliphatic rings. The Hall–Kier alpha value is -1.56. The van der Waals surface area contributed by atoms with Crippen molar-refractivity contribution < 1.29 is 9.18 Å². The van der Waals surface area contributed by atoms with Crippen LogP contribution >= 0.6 is 12.2 Å². The number of carbonyl (C=O) groups excluding carboxylic acids is 1. The van der Waals surface area contributed by atoms with E-state index in [-0.39, 0.29) is 11.0 Å². The van der Waals surface area contributed by atoms with E-state index in [1.165, 1.54) is 12.1 Å². The maximum Gasteiger partial charge on any atom is 0.257 e. The Balaban J connectivity index is 2.41. The van der Waals surface area contributed by atoms with Gasteiger partial charge < -0.3 is 10.6 Å². The summed E-state index contributed by atoms with van der Waals surface area (Å²) in [5, 5.41) is 5.53. The highest BCUT2D eigenvalue weighted by molar-refractivity contribution is 7.80. The van der Waals surface area contributed by atoms with E-state index >= 15 is 0 Å². The number of carbonyl (C=O) groups is 1. The molecule has 1 aliphatic heterocycles. The summed E-state index contributed by atoms with van der Waals surface area (Å²) in [5.74, 6) is -0.727. The van der Waals surface area contributed by atoms with Crippen molar-refractivity contribution in [3.63, 3.8) is 0 Å². The molecule has 0 saturated carbocycles. The summed E-state index contributed by atoms with van der Waals surface area (Å²) >= 11 is 4.83. The minimum absolute atomic E-state index is 0.258. The normalized spacial score (nSPS) is 24.9. The second kappa shape index (κ2) is 3.23. The maximum absolute atomic E-state index is 12.7. The molecule has 0 bridgehead atoms. The van der Waals surface area contributed by atoms with E-state index in [1.807, 2.05) is 0 Å². The fourth-order valence-electron chi connectivity index (χ4n) is 1.40. The molecule has 15 heavy (non-hydrogen) atoms. The Labute approximate surface area is 90.9 Å². The van der Waals surface area contributed by atoms with Crippen LogP contribution in [-0.2, 0) is 10.3 Å². The summed E-state index contributed by atoms with van der Waals surface area (Å²) < 4.78 is 12.7. The first-order valence-electron chi connectivity index (χ1n) is 4.28. The monoisotopic (exact) mass is 225 g/mol. The van der Waals surface area contributed by atoms with Gasteiger partial charge in [0.1, 0.15) is 5.82 Å². The van der Waals surface area contributed by atoms with E-state index in [2.05, 4.69) is 15.6 Å². The zero-order valence-corrected chi connectivity index (χ0v) is 8.69. The first-order valence-corrected chi connectivity index (χ1v) is 4.69. The predicted molar refractivity (Wildman–Crippen MR) is 55.4 cm³/mol. The van der Waals surface area contributed by atoms with Crippen LogP contribution in [0.3, 0.4) is 0 Å². The van der Waals surface area contributed by atoms with Crippen LogP contribution in [0.15, 0.2) is 18.3 Å². The van der Waals surface area contributed by atoms with Crippen molar-refractivity contribution in [3.05, 3.63) is 29.8 Å². The minimum Gasteiger partial charge on any atom is -0.343 e. The number of amides is 1. The Morgan fingerprint density at radius 3 is 2.73 bits per heavy atom. The molecule has 2 rings (SSSR count). The first kappa shape index (κ1) is 9.97. The van der Waals surface area contributed by atoms with Gasteiger partial charge in [-0.25, -0.2) is 4.39 Å². The molecular weight excluding hydrogens is 217 g/mol. The van der Waals surface area contributed by atoms with Crippen molar-refractivity contribution in [2.24, 2.45) is 0 Å². The lowest BCUT2D eigenvalue weighted by molar-refractivity contribution is -0.123. The lowest BCUT2D eigenvalue weighted by Gasteiger charge is -2.19. The molecule has 1 unspecified atom stereocenters. The fourth-order valence-corrected chi connectivity index (χ4v) is 1.69. The third-order valence-electron chi connectivity index (χ3n) is 2.28. The Morgan fingerprint density at radius 1 is 1.53 bits per heavy atom. The predicted octanol–water partition coefficient (Wildman–Crippen LogP) is 0.440. The first-order chi connectivity index (χ1) is 7.02. The lowest BCUT2D eigenvalue weighted by Crippen LogP contribution is -2.41. The molecule has 0 aromatic carbocycles. The van der Waals surface area contributed by atoms with E-state index < -0.39 is 11.4 Å². The molecular formula is C9H8FN3OS. The van der Waals surface area contributed by atoms with Crippen LogP contribution in [0.1, 0.15) is 12.6 Å². The van der Waals surface area contributed by atoms with E-state index in [9.17, 15) is 9.18 Å². The van der Waals surface area contributed by atoms with Gasteiger partial charge in [-0.05, 0) is 31.3 Å². The highest BCUT2D eigenvalue weighted by Crippen LogP contribution is 2.22. The summed E-state index contributed by atoms with van der Waals surface area (Å²) in [6.07, 6.45) is 1.07. The molecule has 0 spiro atoms. The molecule has 1 atom stereocenters. The molecule has 2 heterocycles. The number of aromatic nitrogens is 1. The quantitative estimate of drug-likeness (QED) is 0.681. The number of hydrogen-bond acceptors (Lipinski definition) is 3. The Kier molecular flexibility index (Phi) is 2.15. The molecule has 1 saturated heterocycles. The molecule has 78 valence electrons. The molecule has 6 heteroatoms. The van der Waals surface area contributed by atoms with Crippen molar-refractivity contribution >= 4 is 23.2 Å². The van der Waals surface area contributed by atoms with Crippen LogP contribution in [0.2, 0.25) is 0 Å². The van der Waals surface area contributed by atoms with Crippen molar-refractivity contribution in [1.82, 2.24) is 15.6 Å². The zero-order valence-electron chi connectivity index (χ0n) is 7.87. The average Bonchev–Trinajstić information content (AvgIpc) is 2.42. The third kappa shape index (κ3) is 1.56. The molecule has 1 fully saturated rings. The van der Waals surface area contributed by atoms with Crippen molar-refractivity contribution in [2.45, 2.75) is 12.5 Å². The largest absolute Gasteiger partial charge is 0.343 e. The maximum atomic E-state index is 12.7. The molecule has 0 aliphatic carbocycles. The molecule has 0 radical (unpaired) electrons. The van der Waals surface area contributed by atoms with Crippen LogP contribution in [0.4, 0.5) is 4.39 Å². The van der Waals surface area contributed by atoms with Crippen LogP contribution in [0, 0.1) is 5.82 Å². The number of thiocarbonyl (C=S) groups is 1. The highest BCUT2D eigenvalue weighted by Gasteiger charge is 2.42. The van der Waals surface area contributed by atoms with E-state index in [4.69, 9.17) is 12.2 Å². The number of rotatable bonds is 1. The second-order valence-corrected chi connectivity index (χ2v) is 3.80. The standard InChI is InChI=1S/C9H8FN3OS/c1-9(7(14)12-8(15)13-9)6-3-2-5(10)4-11-6/h2-4H,1H3,(H2,12,13,14,15). The number of nitrogens with zero attached hydrogens (tertiary/aromatic N) is 1. The topological polar surface area (TPSA) is 54.0 Å². The van der Waals surface area contributed by atoms with E-state index in [0.29, 0.717) is 5.69 Å². The third-order valence-corrected chi connectivity index (χ3v) is 2.49. The summed E-state index contributed by atoms with van der Waals surface area (Å²) in [6, 6.07) is 2.71. The number of halogens is 1. The Morgan fingerprint density at radius 2 is 2.27 bits per heavy atom. The highest BCUT2D eigenvalue weighted by atomic mass is 32.1. The van der Waals surface area contributed by atoms with Crippen LogP contribution < -0.4 is 10.6 Å². The van der Waals surface area contributed by atoms with E-state index in [1.54, 1.807) is 6.92 Å². The summed E-state index contributed by atoms with van der Waals surface area (Å²) in [5.41, 5.74) is -0.577. The van der Waals surface area contributed by atoms with Gasteiger partial charge in [0.25, 0.3) is 5.91 Å². The lowest BCUT2D eigenvalue weighted by atomic mass is 9.98. The number of hydrogen-bond donors (Lipinski definition) is 2. The van der Waals surface area contributed by atoms with Crippen molar-refractivity contribution in [1.29, 1.82) is 0 Å². The van der Waals surface area contributed by atoms with Gasteiger partial charge in [0.2, 0.25) is 0 Å². The van der Waals surface area contributed by atoms with Gasteiger partial charge in [-0.3, -0.25) is 9.78 Å². The van der Waals surface area contributed by atoms with Crippen molar-refractivity contribution in [2.75, 3.05) is 0 Å². The summed E-state index contributed by atoms with van der Waals surface area (Å²) in [7, 11) is 0. The zero-order chi connectivity index (χ0) is 11.1. The van der Waals surface area contributed by atoms with Crippen LogP contribution in [-0.4, -0.2) is 16.0 Å². The summed E-state index contributed by atoms with van der Waals surface area (Å²) in [6.45, 7) is 1.64. The number of nitrogens with one attached hydrogen (secondary N) is 2. The molecule has 1 aromatic rings. The van der Waals surface area contributed by atoms with Crippen LogP contribution in [0.25, 0.3) is 0 Å². The second-order valence-electron chi connectivity index (χ2n) is 3.39. The molecule has 2 N–H and O–H groups in total. The summed E-state index contributed by atoms with van der Waals surface area (Å²) in [4.78, 5) is 15.5. The van der Waals surface area contributed by atoms with Gasteiger partial charge >= 0.3 is 0 Å². The fraction of sp³-hybridized carbons (Fsp3) is 0.222. The smallest absolute Gasteiger partial charge is 0.257 e. The molecule has 4 nitrogen and oxygen atoms in total. The van der Waals surface area contributed by atoms with Gasteiger partial charge in [-0.2, -0.15) is 0 Å². The SMILES string of the molecule is CC1(c2ccc(F)cn2)NC(=S)NC1=O. The minimum atomic E-state index is -1.01. The van der Waals surface area contributed by atoms with Gasteiger partial charge in [-0.15, -0.1) is 0 Å². The number of pyridine rings is 1. The molecule has 1 aromatic heterocycles. The van der Waals surface area contributed by atoms with Crippen molar-refractivity contribution in [3.8, 4) is 0 Å². The average molecular weight is 225 g/mol. The molecule has 1 amide bonds. The van der Waals surface area contributed by atoms with Gasteiger partial charge in [-0.1, -0.05) is 0 Å². The van der Waals surface area contributed by atoms with Gasteiger partial charge in [0.05, 0.1) is 11.9 Å². The van der Waals surface area contributed by atoms with Crippen LogP contribution in [0.5, 0.6) is 0 Å².